The fourth-order valence-electron chi connectivity index (χ4n) is 1.87. The molecule has 7 heteroatoms. The van der Waals surface area contributed by atoms with Crippen LogP contribution >= 0.6 is 0 Å². The van der Waals surface area contributed by atoms with Gasteiger partial charge in [0.15, 0.2) is 0 Å². The minimum Gasteiger partial charge on any atom is -0.497 e. The summed E-state index contributed by atoms with van der Waals surface area (Å²) in [5.41, 5.74) is 0.419. The molecule has 0 aliphatic carbocycles. The molecule has 1 amide bonds. The highest BCUT2D eigenvalue weighted by Gasteiger charge is 2.11. The predicted molar refractivity (Wildman–Crippen MR) is 81.7 cm³/mol. The number of hydrogen-bond donors (Lipinski definition) is 1. The van der Waals surface area contributed by atoms with Gasteiger partial charge in [-0.1, -0.05) is 0 Å². The zero-order valence-electron chi connectivity index (χ0n) is 12.6. The van der Waals surface area contributed by atoms with Gasteiger partial charge < -0.3 is 14.8 Å². The monoisotopic (exact) mass is 303 g/mol. The van der Waals surface area contributed by atoms with Gasteiger partial charge in [0.25, 0.3) is 11.5 Å². The number of nitrogens with zero attached hydrogens (tertiary/aromatic N) is 2. The highest BCUT2D eigenvalue weighted by molar-refractivity contribution is 6.02. The number of ether oxygens (including phenoxy) is 2. The molecule has 1 N–H and O–H groups in total. The van der Waals surface area contributed by atoms with Gasteiger partial charge in [0.05, 0.1) is 14.2 Å². The highest BCUT2D eigenvalue weighted by Crippen LogP contribution is 2.25. The van der Waals surface area contributed by atoms with E-state index < -0.39 is 5.91 Å². The maximum atomic E-state index is 12.2. The molecule has 2 aromatic rings. The van der Waals surface area contributed by atoms with E-state index in [0.717, 1.165) is 0 Å². The molecular weight excluding hydrogens is 286 g/mol. The lowest BCUT2D eigenvalue weighted by Crippen LogP contribution is -2.25. The van der Waals surface area contributed by atoms with Crippen LogP contribution in [0.15, 0.2) is 35.1 Å². The minimum atomic E-state index is -0.419. The fraction of sp³-hybridized carbons (Fsp3) is 0.267. The number of anilines is 1. The first-order chi connectivity index (χ1) is 10.6. The summed E-state index contributed by atoms with van der Waals surface area (Å²) in [6, 6.07) is 7.73. The van der Waals surface area contributed by atoms with Gasteiger partial charge in [-0.25, -0.2) is 4.68 Å². The summed E-state index contributed by atoms with van der Waals surface area (Å²) in [4.78, 5) is 23.7. The topological polar surface area (TPSA) is 82.5 Å². The van der Waals surface area contributed by atoms with Crippen molar-refractivity contribution in [3.8, 4) is 11.5 Å². The minimum absolute atomic E-state index is 0.156. The summed E-state index contributed by atoms with van der Waals surface area (Å²) >= 11 is 0. The van der Waals surface area contributed by atoms with Crippen LogP contribution in [0.5, 0.6) is 11.5 Å². The number of carbonyl (C=O) groups excluding carboxylic acids is 1. The number of nitrogens with one attached hydrogen (secondary N) is 1. The zero-order chi connectivity index (χ0) is 16.1. The Morgan fingerprint density at radius 3 is 2.36 bits per heavy atom. The average Bonchev–Trinajstić information content (AvgIpc) is 2.54. The number of benzene rings is 1. The van der Waals surface area contributed by atoms with E-state index in [1.807, 2.05) is 0 Å². The smallest absolute Gasteiger partial charge is 0.276 e. The van der Waals surface area contributed by atoms with Gasteiger partial charge in [-0.3, -0.25) is 9.59 Å². The Balaban J connectivity index is 2.27. The third-order valence-electron chi connectivity index (χ3n) is 3.01. The number of carbonyl (C=O) groups is 1. The van der Waals surface area contributed by atoms with Crippen molar-refractivity contribution in [3.63, 3.8) is 0 Å². The van der Waals surface area contributed by atoms with Gasteiger partial charge in [-0.15, -0.1) is 0 Å². The second-order valence-electron chi connectivity index (χ2n) is 4.43. The molecule has 7 nitrogen and oxygen atoms in total. The van der Waals surface area contributed by atoms with Gasteiger partial charge in [-0.2, -0.15) is 5.10 Å². The Morgan fingerprint density at radius 1 is 1.18 bits per heavy atom. The maximum Gasteiger partial charge on any atom is 0.276 e. The number of amides is 1. The molecule has 0 saturated carbocycles. The summed E-state index contributed by atoms with van der Waals surface area (Å²) in [7, 11) is 3.05. The summed E-state index contributed by atoms with van der Waals surface area (Å²) in [6.07, 6.45) is 0. The van der Waals surface area contributed by atoms with Gasteiger partial charge in [0.1, 0.15) is 17.2 Å². The normalized spacial score (nSPS) is 10.1. The number of aryl methyl sites for hydroxylation is 1. The molecule has 0 saturated heterocycles. The summed E-state index contributed by atoms with van der Waals surface area (Å²) in [5.74, 6) is 0.694. The molecule has 0 radical (unpaired) electrons. The number of aromatic nitrogens is 2. The molecule has 0 fully saturated rings. The molecule has 0 aliphatic heterocycles. The Morgan fingerprint density at radius 2 is 1.82 bits per heavy atom. The second kappa shape index (κ2) is 6.75. The number of methoxy groups -OCH3 is 2. The highest BCUT2D eigenvalue weighted by atomic mass is 16.5. The average molecular weight is 303 g/mol. The molecule has 1 aromatic carbocycles. The van der Waals surface area contributed by atoms with E-state index in [4.69, 9.17) is 9.47 Å². The van der Waals surface area contributed by atoms with Crippen LogP contribution in [0.1, 0.15) is 17.4 Å². The molecule has 0 aliphatic rings. The fourth-order valence-corrected chi connectivity index (χ4v) is 1.87. The van der Waals surface area contributed by atoms with Crippen LogP contribution in [-0.4, -0.2) is 29.9 Å². The molecule has 0 unspecified atom stereocenters. The van der Waals surface area contributed by atoms with Crippen molar-refractivity contribution in [3.05, 3.63) is 46.4 Å². The molecule has 1 aromatic heterocycles. The van der Waals surface area contributed by atoms with Gasteiger partial charge in [0.2, 0.25) is 0 Å². The van der Waals surface area contributed by atoms with E-state index >= 15 is 0 Å². The standard InChI is InChI=1S/C15H17N3O4/c1-4-18-14(19)6-5-13(17-18)15(20)16-10-7-11(21-2)9-12(8-10)22-3/h5-9H,4H2,1-3H3,(H,16,20). The van der Waals surface area contributed by atoms with E-state index in [0.29, 0.717) is 23.7 Å². The van der Waals surface area contributed by atoms with Crippen LogP contribution in [0.4, 0.5) is 5.69 Å². The van der Waals surface area contributed by atoms with Crippen LogP contribution in [0, 0.1) is 0 Å². The van der Waals surface area contributed by atoms with E-state index in [-0.39, 0.29) is 11.3 Å². The van der Waals surface area contributed by atoms with Crippen molar-refractivity contribution in [1.82, 2.24) is 9.78 Å². The molecular formula is C15H17N3O4. The van der Waals surface area contributed by atoms with Crippen LogP contribution in [0.3, 0.4) is 0 Å². The third kappa shape index (κ3) is 3.43. The first kappa shape index (κ1) is 15.6. The van der Waals surface area contributed by atoms with Crippen molar-refractivity contribution < 1.29 is 14.3 Å². The van der Waals surface area contributed by atoms with Crippen LogP contribution in [0.25, 0.3) is 0 Å². The zero-order valence-corrected chi connectivity index (χ0v) is 12.6. The molecule has 0 bridgehead atoms. The lowest BCUT2D eigenvalue weighted by Gasteiger charge is -2.10. The Hall–Kier alpha value is -2.83. The second-order valence-corrected chi connectivity index (χ2v) is 4.43. The molecule has 2 rings (SSSR count). The van der Waals surface area contributed by atoms with Gasteiger partial charge in [-0.05, 0) is 13.0 Å². The molecule has 22 heavy (non-hydrogen) atoms. The Labute approximate surface area is 127 Å². The van der Waals surface area contributed by atoms with Crippen LogP contribution < -0.4 is 20.3 Å². The Kier molecular flexibility index (Phi) is 4.77. The molecule has 0 spiro atoms. The molecule has 0 atom stereocenters. The summed E-state index contributed by atoms with van der Waals surface area (Å²) in [5, 5.41) is 6.70. The predicted octanol–water partition coefficient (Wildman–Crippen LogP) is 1.53. The third-order valence-corrected chi connectivity index (χ3v) is 3.01. The molecule has 1 heterocycles. The van der Waals surface area contributed by atoms with Crippen molar-refractivity contribution in [2.75, 3.05) is 19.5 Å². The van der Waals surface area contributed by atoms with E-state index in [2.05, 4.69) is 10.4 Å². The lowest BCUT2D eigenvalue weighted by molar-refractivity contribution is 0.102. The number of hydrogen-bond acceptors (Lipinski definition) is 5. The largest absolute Gasteiger partial charge is 0.497 e. The van der Waals surface area contributed by atoms with Gasteiger partial charge in [0, 0.05) is 36.5 Å². The lowest BCUT2D eigenvalue weighted by atomic mass is 10.2. The van der Waals surface area contributed by atoms with E-state index in [1.54, 1.807) is 25.1 Å². The summed E-state index contributed by atoms with van der Waals surface area (Å²) < 4.78 is 11.5. The van der Waals surface area contributed by atoms with E-state index in [1.165, 1.54) is 31.0 Å². The van der Waals surface area contributed by atoms with Crippen molar-refractivity contribution in [1.29, 1.82) is 0 Å². The van der Waals surface area contributed by atoms with Crippen LogP contribution in [0.2, 0.25) is 0 Å². The Bertz CT molecular complexity index is 718. The van der Waals surface area contributed by atoms with Gasteiger partial charge >= 0.3 is 0 Å². The first-order valence-corrected chi connectivity index (χ1v) is 6.70. The van der Waals surface area contributed by atoms with Crippen molar-refractivity contribution in [2.45, 2.75) is 13.5 Å². The molecule has 116 valence electrons. The first-order valence-electron chi connectivity index (χ1n) is 6.70. The van der Waals surface area contributed by atoms with Crippen LogP contribution in [-0.2, 0) is 6.54 Å². The quantitative estimate of drug-likeness (QED) is 0.906. The number of rotatable bonds is 5. The maximum absolute atomic E-state index is 12.2. The summed E-state index contributed by atoms with van der Waals surface area (Å²) in [6.45, 7) is 2.18. The van der Waals surface area contributed by atoms with Crippen molar-refractivity contribution in [2.24, 2.45) is 0 Å². The van der Waals surface area contributed by atoms with Crippen molar-refractivity contribution >= 4 is 11.6 Å². The van der Waals surface area contributed by atoms with E-state index in [9.17, 15) is 9.59 Å². The SMILES string of the molecule is CCn1nc(C(=O)Nc2cc(OC)cc(OC)c2)ccc1=O.